The molecule has 0 spiro atoms. The molecule has 19 heavy (non-hydrogen) atoms. The molecule has 1 saturated carbocycles. The maximum atomic E-state index is 12.2. The molecule has 0 unspecified atom stereocenters. The summed E-state index contributed by atoms with van der Waals surface area (Å²) in [5, 5.41) is 13.1. The van der Waals surface area contributed by atoms with Gasteiger partial charge in [0, 0.05) is 5.69 Å². The van der Waals surface area contributed by atoms with Crippen LogP contribution < -0.4 is 11.1 Å². The van der Waals surface area contributed by atoms with Crippen LogP contribution >= 0.6 is 23.2 Å². The smallest absolute Gasteiger partial charge is 0.253 e. The van der Waals surface area contributed by atoms with Crippen molar-refractivity contribution in [2.24, 2.45) is 0 Å². The summed E-state index contributed by atoms with van der Waals surface area (Å²) in [5.41, 5.74) is 6.27. The monoisotopic (exact) mass is 302 g/mol. The Hall–Kier alpha value is -0.970. The molecule has 1 aromatic carbocycles. The largest absolute Gasteiger partial charge is 0.399 e. The lowest BCUT2D eigenvalue weighted by Gasteiger charge is -2.28. The number of nitrogen functional groups attached to an aromatic ring is 1. The summed E-state index contributed by atoms with van der Waals surface area (Å²) in [5.74, 6) is -0.356. The van der Waals surface area contributed by atoms with Gasteiger partial charge in [-0.05, 0) is 25.0 Å². The Morgan fingerprint density at radius 3 is 2.68 bits per heavy atom. The average Bonchev–Trinajstić information content (AvgIpc) is 2.36. The normalized spacial score (nSPS) is 23.1. The van der Waals surface area contributed by atoms with Crippen molar-refractivity contribution in [1.29, 1.82) is 0 Å². The number of nitrogens with two attached hydrogens (primary N) is 1. The molecule has 0 heterocycles. The van der Waals surface area contributed by atoms with Crippen LogP contribution in [0.4, 0.5) is 5.69 Å². The van der Waals surface area contributed by atoms with Crippen LogP contribution in [-0.2, 0) is 0 Å². The molecule has 0 aliphatic heterocycles. The van der Waals surface area contributed by atoms with E-state index >= 15 is 0 Å². The number of anilines is 1. The Morgan fingerprint density at radius 2 is 2.00 bits per heavy atom. The van der Waals surface area contributed by atoms with Crippen LogP contribution in [-0.4, -0.2) is 23.2 Å². The number of halogens is 2. The van der Waals surface area contributed by atoms with E-state index in [0.717, 1.165) is 19.3 Å². The van der Waals surface area contributed by atoms with Gasteiger partial charge in [-0.2, -0.15) is 0 Å². The maximum Gasteiger partial charge on any atom is 0.253 e. The van der Waals surface area contributed by atoms with Crippen LogP contribution in [0, 0.1) is 0 Å². The number of benzene rings is 1. The first-order valence-electron chi connectivity index (χ1n) is 6.22. The molecular formula is C13H16Cl2N2O2. The average molecular weight is 303 g/mol. The van der Waals surface area contributed by atoms with E-state index in [1.807, 2.05) is 0 Å². The standard InChI is InChI=1S/C13H16Cl2N2O2/c14-9-6-7(16)5-8(12(9)15)13(19)17-10-3-1-2-4-11(10)18/h5-6,10-11,18H,1-4,16H2,(H,17,19)/t10-,11-/m0/s1. The van der Waals surface area contributed by atoms with E-state index in [2.05, 4.69) is 5.32 Å². The number of rotatable bonds is 2. The first-order chi connectivity index (χ1) is 8.99. The lowest BCUT2D eigenvalue weighted by molar-refractivity contribution is 0.0717. The van der Waals surface area contributed by atoms with Crippen LogP contribution in [0.2, 0.25) is 10.0 Å². The number of hydrogen-bond donors (Lipinski definition) is 3. The molecule has 1 amide bonds. The van der Waals surface area contributed by atoms with Gasteiger partial charge in [0.05, 0.1) is 27.8 Å². The Bertz CT molecular complexity index is 494. The highest BCUT2D eigenvalue weighted by atomic mass is 35.5. The number of amides is 1. The Morgan fingerprint density at radius 1 is 1.32 bits per heavy atom. The first kappa shape index (κ1) is 14.4. The van der Waals surface area contributed by atoms with Crippen molar-refractivity contribution in [2.75, 3.05) is 5.73 Å². The summed E-state index contributed by atoms with van der Waals surface area (Å²) in [6, 6.07) is 2.74. The molecule has 2 atom stereocenters. The van der Waals surface area contributed by atoms with Crippen LogP contribution in [0.15, 0.2) is 12.1 Å². The summed E-state index contributed by atoms with van der Waals surface area (Å²) < 4.78 is 0. The van der Waals surface area contributed by atoms with Gasteiger partial charge >= 0.3 is 0 Å². The molecule has 6 heteroatoms. The zero-order valence-electron chi connectivity index (χ0n) is 10.3. The summed E-state index contributed by atoms with van der Waals surface area (Å²) in [6.45, 7) is 0. The number of carbonyl (C=O) groups is 1. The van der Waals surface area contributed by atoms with E-state index in [4.69, 9.17) is 28.9 Å². The zero-order valence-corrected chi connectivity index (χ0v) is 11.8. The fourth-order valence-corrected chi connectivity index (χ4v) is 2.72. The van der Waals surface area contributed by atoms with Crippen molar-refractivity contribution < 1.29 is 9.90 Å². The summed E-state index contributed by atoms with van der Waals surface area (Å²) in [4.78, 5) is 12.2. The highest BCUT2D eigenvalue weighted by Gasteiger charge is 2.26. The van der Waals surface area contributed by atoms with Crippen LogP contribution in [0.25, 0.3) is 0 Å². The molecule has 1 aromatic rings. The molecule has 0 radical (unpaired) electrons. The quantitative estimate of drug-likeness (QED) is 0.735. The van der Waals surface area contributed by atoms with Gasteiger partial charge in [-0.1, -0.05) is 36.0 Å². The molecule has 0 saturated heterocycles. The first-order valence-corrected chi connectivity index (χ1v) is 6.98. The Kier molecular flexibility index (Phi) is 4.55. The molecule has 1 aliphatic carbocycles. The zero-order chi connectivity index (χ0) is 14.0. The predicted molar refractivity (Wildman–Crippen MR) is 76.6 cm³/mol. The molecular weight excluding hydrogens is 287 g/mol. The lowest BCUT2D eigenvalue weighted by atomic mass is 9.92. The van der Waals surface area contributed by atoms with Gasteiger partial charge in [0.2, 0.25) is 0 Å². The molecule has 1 aliphatic rings. The SMILES string of the molecule is Nc1cc(Cl)c(Cl)c(C(=O)N[C@H]2CCCC[C@@H]2O)c1. The van der Waals surface area contributed by atoms with Crippen molar-refractivity contribution >= 4 is 34.8 Å². The van der Waals surface area contributed by atoms with Crippen molar-refractivity contribution in [3.05, 3.63) is 27.7 Å². The van der Waals surface area contributed by atoms with Crippen LogP contribution in [0.5, 0.6) is 0 Å². The van der Waals surface area contributed by atoms with E-state index in [1.54, 1.807) is 0 Å². The molecule has 0 aromatic heterocycles. The third kappa shape index (κ3) is 3.32. The molecule has 104 valence electrons. The van der Waals surface area contributed by atoms with Crippen LogP contribution in [0.1, 0.15) is 36.0 Å². The van der Waals surface area contributed by atoms with Crippen LogP contribution in [0.3, 0.4) is 0 Å². The fourth-order valence-electron chi connectivity index (χ4n) is 2.30. The minimum atomic E-state index is -0.506. The second-order valence-corrected chi connectivity index (χ2v) is 5.58. The minimum Gasteiger partial charge on any atom is -0.399 e. The van der Waals surface area contributed by atoms with Gasteiger partial charge in [-0.25, -0.2) is 0 Å². The fraction of sp³-hybridized carbons (Fsp3) is 0.462. The number of aliphatic hydroxyl groups excluding tert-OH is 1. The number of nitrogens with one attached hydrogen (secondary N) is 1. The van der Waals surface area contributed by atoms with Gasteiger partial charge in [-0.15, -0.1) is 0 Å². The molecule has 0 bridgehead atoms. The van der Waals surface area contributed by atoms with E-state index < -0.39 is 6.10 Å². The third-order valence-electron chi connectivity index (χ3n) is 3.34. The van der Waals surface area contributed by atoms with E-state index in [-0.39, 0.29) is 27.6 Å². The van der Waals surface area contributed by atoms with E-state index in [1.165, 1.54) is 12.1 Å². The summed E-state index contributed by atoms with van der Waals surface area (Å²) in [6.07, 6.45) is 2.94. The highest BCUT2D eigenvalue weighted by molar-refractivity contribution is 6.44. The van der Waals surface area contributed by atoms with Crippen molar-refractivity contribution in [1.82, 2.24) is 5.32 Å². The molecule has 4 N–H and O–H groups in total. The summed E-state index contributed by atoms with van der Waals surface area (Å²) >= 11 is 11.9. The van der Waals surface area contributed by atoms with Gasteiger partial charge in [0.15, 0.2) is 0 Å². The maximum absolute atomic E-state index is 12.2. The third-order valence-corrected chi connectivity index (χ3v) is 4.14. The topological polar surface area (TPSA) is 75.4 Å². The number of carbonyl (C=O) groups excluding carboxylic acids is 1. The van der Waals surface area contributed by atoms with Crippen molar-refractivity contribution in [3.63, 3.8) is 0 Å². The van der Waals surface area contributed by atoms with Crippen molar-refractivity contribution in [3.8, 4) is 0 Å². The highest BCUT2D eigenvalue weighted by Crippen LogP contribution is 2.29. The Balaban J connectivity index is 2.15. The van der Waals surface area contributed by atoms with Gasteiger partial charge < -0.3 is 16.2 Å². The number of hydrogen-bond acceptors (Lipinski definition) is 3. The van der Waals surface area contributed by atoms with Gasteiger partial charge in [0.25, 0.3) is 5.91 Å². The second-order valence-electron chi connectivity index (χ2n) is 4.80. The predicted octanol–water partition coefficient (Wildman–Crippen LogP) is 2.61. The van der Waals surface area contributed by atoms with E-state index in [0.29, 0.717) is 12.1 Å². The van der Waals surface area contributed by atoms with Gasteiger partial charge in [-0.3, -0.25) is 4.79 Å². The molecule has 1 fully saturated rings. The minimum absolute atomic E-state index is 0.179. The Labute approximate surface area is 121 Å². The molecule has 4 nitrogen and oxygen atoms in total. The molecule has 2 rings (SSSR count). The summed E-state index contributed by atoms with van der Waals surface area (Å²) in [7, 11) is 0. The van der Waals surface area contributed by atoms with Crippen molar-refractivity contribution in [2.45, 2.75) is 37.8 Å². The number of aliphatic hydroxyl groups is 1. The second kappa shape index (κ2) is 5.99. The van der Waals surface area contributed by atoms with E-state index in [9.17, 15) is 9.90 Å². The van der Waals surface area contributed by atoms with Gasteiger partial charge in [0.1, 0.15) is 0 Å². The lowest BCUT2D eigenvalue weighted by Crippen LogP contribution is -2.45.